The summed E-state index contributed by atoms with van der Waals surface area (Å²) in [7, 11) is 0. The van der Waals surface area contributed by atoms with Crippen molar-refractivity contribution in [2.45, 2.75) is 32.8 Å². The highest BCUT2D eigenvalue weighted by Crippen LogP contribution is 2.18. The van der Waals surface area contributed by atoms with Gasteiger partial charge in [-0.05, 0) is 44.0 Å². The van der Waals surface area contributed by atoms with E-state index in [1.165, 1.54) is 6.20 Å². The lowest BCUT2D eigenvalue weighted by atomic mass is 9.97. The van der Waals surface area contributed by atoms with Gasteiger partial charge in [0.15, 0.2) is 0 Å². The van der Waals surface area contributed by atoms with Gasteiger partial charge in [0.1, 0.15) is 5.60 Å². The molecule has 2 rings (SSSR count). The van der Waals surface area contributed by atoms with E-state index in [1.807, 2.05) is 0 Å². The van der Waals surface area contributed by atoms with Gasteiger partial charge in [0, 0.05) is 12.6 Å². The van der Waals surface area contributed by atoms with Crippen molar-refractivity contribution < 1.29 is 9.53 Å². The Morgan fingerprint density at radius 3 is 2.39 bits per heavy atom. The molecule has 2 aromatic rings. The van der Waals surface area contributed by atoms with Gasteiger partial charge >= 0.3 is 6.09 Å². The lowest BCUT2D eigenvalue weighted by molar-refractivity contribution is 0.0514. The van der Waals surface area contributed by atoms with Crippen molar-refractivity contribution >= 4 is 6.09 Å². The fourth-order valence-electron chi connectivity index (χ4n) is 2.05. The van der Waals surface area contributed by atoms with E-state index in [4.69, 9.17) is 4.74 Å². The number of ether oxygens (including phenoxy) is 1. The van der Waals surface area contributed by atoms with Crippen molar-refractivity contribution in [2.75, 3.05) is 0 Å². The number of carbonyl (C=O) groups excluding carboxylic acids is 1. The minimum Gasteiger partial charge on any atom is -0.442 e. The van der Waals surface area contributed by atoms with Crippen molar-refractivity contribution in [3.05, 3.63) is 52.8 Å². The minimum atomic E-state index is -0.607. The molecule has 0 bridgehead atoms. The maximum Gasteiger partial charge on any atom is 0.435 e. The number of carbonyl (C=O) groups is 1. The van der Waals surface area contributed by atoms with E-state index in [1.54, 1.807) is 45.2 Å². The van der Waals surface area contributed by atoms with Crippen LogP contribution in [0.15, 0.2) is 30.6 Å². The third-order valence-electron chi connectivity index (χ3n) is 3.01. The van der Waals surface area contributed by atoms with E-state index in [0.29, 0.717) is 23.1 Å². The predicted molar refractivity (Wildman–Crippen MR) is 82.5 cm³/mol. The molecule has 0 spiro atoms. The van der Waals surface area contributed by atoms with Crippen LogP contribution in [0.1, 0.15) is 43.0 Å². The Morgan fingerprint density at radius 2 is 1.87 bits per heavy atom. The van der Waals surface area contributed by atoms with Gasteiger partial charge in [-0.3, -0.25) is 0 Å². The summed E-state index contributed by atoms with van der Waals surface area (Å²) in [4.78, 5) is 11.9. The van der Waals surface area contributed by atoms with Crippen molar-refractivity contribution in [3.63, 3.8) is 0 Å². The lowest BCUT2D eigenvalue weighted by Crippen LogP contribution is -2.27. The Balaban J connectivity index is 2.26. The molecular weight excluding hydrogens is 292 g/mol. The average molecular weight is 308 g/mol. The van der Waals surface area contributed by atoms with Crippen LogP contribution >= 0.6 is 0 Å². The van der Waals surface area contributed by atoms with Crippen LogP contribution in [0, 0.1) is 22.7 Å². The summed E-state index contributed by atoms with van der Waals surface area (Å²) >= 11 is 0. The van der Waals surface area contributed by atoms with Crippen LogP contribution in [0.3, 0.4) is 0 Å². The molecule has 23 heavy (non-hydrogen) atoms. The molecule has 116 valence electrons. The molecule has 0 radical (unpaired) electrons. The Hall–Kier alpha value is -3.12. The maximum atomic E-state index is 11.9. The van der Waals surface area contributed by atoms with Crippen LogP contribution < -0.4 is 0 Å². The quantitative estimate of drug-likeness (QED) is 0.850. The van der Waals surface area contributed by atoms with Crippen LogP contribution in [0.5, 0.6) is 0 Å². The zero-order valence-electron chi connectivity index (χ0n) is 13.2. The first-order valence-electron chi connectivity index (χ1n) is 7.03. The first-order valence-corrected chi connectivity index (χ1v) is 7.03. The molecule has 0 aliphatic carbocycles. The van der Waals surface area contributed by atoms with Crippen LogP contribution in [0.25, 0.3) is 0 Å². The summed E-state index contributed by atoms with van der Waals surface area (Å²) < 4.78 is 6.35. The molecular formula is C17H16N4O2. The van der Waals surface area contributed by atoms with Gasteiger partial charge in [0.25, 0.3) is 0 Å². The molecule has 0 saturated carbocycles. The summed E-state index contributed by atoms with van der Waals surface area (Å²) in [5, 5.41) is 22.3. The minimum absolute atomic E-state index is 0.343. The maximum absolute atomic E-state index is 11.9. The van der Waals surface area contributed by atoms with Crippen LogP contribution in [0.2, 0.25) is 0 Å². The highest BCUT2D eigenvalue weighted by molar-refractivity contribution is 5.69. The van der Waals surface area contributed by atoms with Gasteiger partial charge in [-0.2, -0.15) is 20.3 Å². The number of aromatic nitrogens is 2. The second kappa shape index (κ2) is 6.33. The predicted octanol–water partition coefficient (Wildman–Crippen LogP) is 3.00. The molecule has 0 atom stereocenters. The smallest absolute Gasteiger partial charge is 0.435 e. The molecule has 1 aromatic carbocycles. The monoisotopic (exact) mass is 308 g/mol. The zero-order chi connectivity index (χ0) is 17.0. The highest BCUT2D eigenvalue weighted by atomic mass is 16.6. The Bertz CT molecular complexity index is 784. The second-order valence-corrected chi connectivity index (χ2v) is 6.01. The normalized spacial score (nSPS) is 10.7. The third kappa shape index (κ3) is 3.96. The highest BCUT2D eigenvalue weighted by Gasteiger charge is 2.19. The Kier molecular flexibility index (Phi) is 4.47. The van der Waals surface area contributed by atoms with Crippen LogP contribution in [-0.4, -0.2) is 21.5 Å². The van der Waals surface area contributed by atoms with E-state index in [0.717, 1.165) is 10.2 Å². The van der Waals surface area contributed by atoms with Gasteiger partial charge in [-0.25, -0.2) is 4.79 Å². The Morgan fingerprint density at radius 1 is 1.26 bits per heavy atom. The third-order valence-corrected chi connectivity index (χ3v) is 3.01. The van der Waals surface area contributed by atoms with Gasteiger partial charge in [-0.1, -0.05) is 6.07 Å². The molecule has 0 saturated heterocycles. The fourth-order valence-corrected chi connectivity index (χ4v) is 2.05. The molecule has 0 aliphatic heterocycles. The first-order chi connectivity index (χ1) is 10.8. The summed E-state index contributed by atoms with van der Waals surface area (Å²) in [6.07, 6.45) is 2.84. The number of benzene rings is 1. The largest absolute Gasteiger partial charge is 0.442 e. The molecule has 6 heteroatoms. The Labute approximate surface area is 134 Å². The molecule has 0 N–H and O–H groups in total. The van der Waals surface area contributed by atoms with Crippen LogP contribution in [-0.2, 0) is 11.2 Å². The molecule has 0 amide bonds. The van der Waals surface area contributed by atoms with Gasteiger partial charge in [-0.15, -0.1) is 0 Å². The molecule has 6 nitrogen and oxygen atoms in total. The summed E-state index contributed by atoms with van der Waals surface area (Å²) in [6.45, 7) is 5.33. The molecule has 1 heterocycles. The molecule has 0 fully saturated rings. The SMILES string of the molecule is CC(C)(C)OC(=O)n1cc(Cc2c(C#N)cccc2C#N)cn1. The van der Waals surface area contributed by atoms with Crippen LogP contribution in [0.4, 0.5) is 4.79 Å². The number of hydrogen-bond acceptors (Lipinski definition) is 5. The number of hydrogen-bond donors (Lipinski definition) is 0. The van der Waals surface area contributed by atoms with E-state index < -0.39 is 11.7 Å². The molecule has 1 aromatic heterocycles. The van der Waals surface area contributed by atoms with E-state index in [2.05, 4.69) is 17.2 Å². The lowest BCUT2D eigenvalue weighted by Gasteiger charge is -2.18. The van der Waals surface area contributed by atoms with E-state index in [9.17, 15) is 15.3 Å². The topological polar surface area (TPSA) is 91.7 Å². The summed E-state index contributed by atoms with van der Waals surface area (Å²) in [5.41, 5.74) is 1.62. The first kappa shape index (κ1) is 16.3. The second-order valence-electron chi connectivity index (χ2n) is 6.01. The van der Waals surface area contributed by atoms with Crippen molar-refractivity contribution in [1.82, 2.24) is 9.78 Å². The number of nitriles is 2. The fraction of sp³-hybridized carbons (Fsp3) is 0.294. The van der Waals surface area contributed by atoms with E-state index in [-0.39, 0.29) is 0 Å². The number of nitrogens with zero attached hydrogens (tertiary/aromatic N) is 4. The van der Waals surface area contributed by atoms with Crippen molar-refractivity contribution in [1.29, 1.82) is 10.5 Å². The zero-order valence-corrected chi connectivity index (χ0v) is 13.2. The van der Waals surface area contributed by atoms with Crippen molar-refractivity contribution in [3.8, 4) is 12.1 Å². The molecule has 0 aliphatic rings. The summed E-state index contributed by atoms with van der Waals surface area (Å²) in [6, 6.07) is 9.16. The average Bonchev–Trinajstić information content (AvgIpc) is 2.94. The molecule has 0 unspecified atom stereocenters. The summed E-state index contributed by atoms with van der Waals surface area (Å²) in [5.74, 6) is 0. The van der Waals surface area contributed by atoms with Gasteiger partial charge < -0.3 is 4.74 Å². The van der Waals surface area contributed by atoms with Gasteiger partial charge in [0.05, 0.1) is 29.5 Å². The van der Waals surface area contributed by atoms with Gasteiger partial charge in [0.2, 0.25) is 0 Å². The standard InChI is InChI=1S/C17H16N4O2/c1-17(2,3)23-16(22)21-11-12(10-20-21)7-15-13(8-18)5-4-6-14(15)9-19/h4-6,10-11H,7H2,1-3H3. The number of rotatable bonds is 2. The van der Waals surface area contributed by atoms with E-state index >= 15 is 0 Å². The van der Waals surface area contributed by atoms with Crippen molar-refractivity contribution in [2.24, 2.45) is 0 Å².